The second-order valence-electron chi connectivity index (χ2n) is 12.1. The van der Waals surface area contributed by atoms with Gasteiger partial charge >= 0.3 is 0 Å². The molecule has 1 atom stereocenters. The number of aromatic nitrogens is 2. The molecular weight excluding hydrogens is 607 g/mol. The van der Waals surface area contributed by atoms with Gasteiger partial charge < -0.3 is 23.9 Å². The number of anilines is 1. The van der Waals surface area contributed by atoms with E-state index in [4.69, 9.17) is 9.47 Å². The summed E-state index contributed by atoms with van der Waals surface area (Å²) in [5, 5.41) is 2.96. The first-order valence-corrected chi connectivity index (χ1v) is 18.2. The van der Waals surface area contributed by atoms with Crippen LogP contribution in [0.2, 0.25) is 0 Å². The molecule has 7 nitrogen and oxygen atoms in total. The normalized spacial score (nSPS) is 14.1. The second kappa shape index (κ2) is 17.3. The molecule has 1 unspecified atom stereocenters. The fourth-order valence-corrected chi connectivity index (χ4v) is 7.26. The highest BCUT2D eigenvalue weighted by molar-refractivity contribution is 7.90. The smallest absolute Gasteiger partial charge is 0.248 e. The number of carbonyl (C=O) groups is 1. The summed E-state index contributed by atoms with van der Waals surface area (Å²) in [6.45, 7) is 8.83. The number of nitrogens with zero attached hydrogens (tertiary/aromatic N) is 2. The van der Waals surface area contributed by atoms with Gasteiger partial charge in [-0.25, -0.2) is 4.98 Å². The molecular formula is C39H47N3O4S. The van der Waals surface area contributed by atoms with Gasteiger partial charge in [-0.3, -0.25) is 4.79 Å². The van der Waals surface area contributed by atoms with E-state index in [2.05, 4.69) is 47.6 Å². The lowest BCUT2D eigenvalue weighted by molar-refractivity contribution is -0.111. The minimum Gasteiger partial charge on any atom is -0.611 e. The van der Waals surface area contributed by atoms with Crippen molar-refractivity contribution in [3.8, 4) is 16.9 Å². The van der Waals surface area contributed by atoms with Crippen molar-refractivity contribution in [2.45, 2.75) is 82.4 Å². The average molecular weight is 654 g/mol. The second-order valence-corrected chi connectivity index (χ2v) is 13.5. The zero-order valence-electron chi connectivity index (χ0n) is 27.9. The van der Waals surface area contributed by atoms with Gasteiger partial charge in [0.1, 0.15) is 12.4 Å². The van der Waals surface area contributed by atoms with Crippen LogP contribution in [0.5, 0.6) is 5.75 Å². The number of hydrogen-bond donors (Lipinski definition) is 1. The third kappa shape index (κ3) is 9.60. The topological polar surface area (TPSA) is 88.4 Å². The number of nitrogens with one attached hydrogen (secondary N) is 1. The quantitative estimate of drug-likeness (QED) is 0.0743. The van der Waals surface area contributed by atoms with Crippen LogP contribution in [0.4, 0.5) is 5.69 Å². The molecule has 8 heteroatoms. The minimum absolute atomic E-state index is 0.204. The van der Waals surface area contributed by atoms with Gasteiger partial charge in [-0.2, -0.15) is 0 Å². The van der Waals surface area contributed by atoms with Gasteiger partial charge in [0.05, 0.1) is 24.3 Å². The Hall–Kier alpha value is -3.85. The van der Waals surface area contributed by atoms with E-state index in [1.165, 1.54) is 31.2 Å². The van der Waals surface area contributed by atoms with Crippen molar-refractivity contribution in [1.82, 2.24) is 9.55 Å². The van der Waals surface area contributed by atoms with Crippen LogP contribution in [0, 0.1) is 6.92 Å². The molecule has 47 heavy (non-hydrogen) atoms. The van der Waals surface area contributed by atoms with Gasteiger partial charge in [-0.15, -0.1) is 0 Å². The number of hydrogen-bond acceptors (Lipinski definition) is 5. The highest BCUT2D eigenvalue weighted by Gasteiger charge is 2.20. The number of unbranched alkanes of at least 4 members (excludes halogenated alkanes) is 1. The minimum atomic E-state index is -1.21. The van der Waals surface area contributed by atoms with Gasteiger partial charge in [0.25, 0.3) is 0 Å². The highest BCUT2D eigenvalue weighted by atomic mass is 32.2. The van der Waals surface area contributed by atoms with Crippen LogP contribution in [0.15, 0.2) is 84.0 Å². The molecule has 0 aliphatic heterocycles. The number of aryl methyl sites for hydroxylation is 2. The van der Waals surface area contributed by atoms with Gasteiger partial charge in [0.15, 0.2) is 10.6 Å². The number of carbonyl (C=O) groups excluding carboxylic acids is 1. The van der Waals surface area contributed by atoms with Crippen LogP contribution in [-0.4, -0.2) is 39.8 Å². The summed E-state index contributed by atoms with van der Waals surface area (Å²) in [6, 6.07) is 22.0. The van der Waals surface area contributed by atoms with Gasteiger partial charge in [0, 0.05) is 24.9 Å². The molecule has 1 amide bonds. The predicted octanol–water partition coefficient (Wildman–Crippen LogP) is 8.69. The molecule has 4 aromatic rings. The molecule has 1 heterocycles. The Labute approximate surface area is 282 Å². The number of rotatable bonds is 16. The van der Waals surface area contributed by atoms with Crippen LogP contribution in [0.25, 0.3) is 17.2 Å². The van der Waals surface area contributed by atoms with Crippen LogP contribution in [-0.2, 0) is 33.0 Å². The first-order chi connectivity index (χ1) is 22.9. The van der Waals surface area contributed by atoms with Crippen molar-refractivity contribution in [1.29, 1.82) is 0 Å². The van der Waals surface area contributed by atoms with E-state index in [0.717, 1.165) is 64.7 Å². The predicted molar refractivity (Wildman–Crippen MR) is 191 cm³/mol. The lowest BCUT2D eigenvalue weighted by Crippen LogP contribution is -2.11. The van der Waals surface area contributed by atoms with E-state index in [9.17, 15) is 9.35 Å². The maximum atomic E-state index is 13.1. The monoisotopic (exact) mass is 653 g/mol. The molecule has 1 saturated carbocycles. The van der Waals surface area contributed by atoms with Crippen molar-refractivity contribution in [2.75, 3.05) is 25.1 Å². The summed E-state index contributed by atoms with van der Waals surface area (Å²) >= 11 is -1.21. The first-order valence-electron chi connectivity index (χ1n) is 16.9. The van der Waals surface area contributed by atoms with Crippen LogP contribution >= 0.6 is 0 Å². The summed E-state index contributed by atoms with van der Waals surface area (Å²) in [5.41, 5.74) is 7.11. The van der Waals surface area contributed by atoms with Gasteiger partial charge in [-0.05, 0) is 121 Å². The van der Waals surface area contributed by atoms with E-state index in [-0.39, 0.29) is 5.91 Å². The summed E-state index contributed by atoms with van der Waals surface area (Å²) in [4.78, 5) is 18.1. The van der Waals surface area contributed by atoms with Crippen molar-refractivity contribution >= 4 is 28.8 Å². The summed E-state index contributed by atoms with van der Waals surface area (Å²) < 4.78 is 26.5. The lowest BCUT2D eigenvalue weighted by Gasteiger charge is -2.15. The molecule has 1 aliphatic rings. The first kappa shape index (κ1) is 34.5. The van der Waals surface area contributed by atoms with Crippen molar-refractivity contribution in [3.05, 3.63) is 102 Å². The fraction of sp³-hybridized carbons (Fsp3) is 0.385. The summed E-state index contributed by atoms with van der Waals surface area (Å²) in [7, 11) is 0. The SMILES string of the molecule is CCCCOCCOc1ccc(-c2ccc(C3CCCC3)c(/C=C/C(=O)Nc3ccc([S+]([O-])Cc4c(C)ncn4CC)cc3)c2)cc1. The van der Waals surface area contributed by atoms with E-state index in [0.29, 0.717) is 30.6 Å². The lowest BCUT2D eigenvalue weighted by atomic mass is 9.90. The van der Waals surface area contributed by atoms with Crippen molar-refractivity contribution in [2.24, 2.45) is 0 Å². The molecule has 1 aliphatic carbocycles. The molecule has 1 N–H and O–H groups in total. The Morgan fingerprint density at radius 3 is 2.47 bits per heavy atom. The standard InChI is InChI=1S/C39H47N3O4S/c1-4-6-23-45-24-25-46-35-17-11-30(12-18-35)32-13-21-37(31-9-7-8-10-31)33(26-32)14-22-39(43)41-34-15-19-36(20-16-34)47(44)27-38-29(3)40-28-42(38)5-2/h11-22,26,28,31H,4-10,23-25,27H2,1-3H3,(H,41,43)/b22-14+. The molecule has 1 fully saturated rings. The molecule has 5 rings (SSSR count). The van der Waals surface area contributed by atoms with E-state index in [1.54, 1.807) is 24.5 Å². The van der Waals surface area contributed by atoms with E-state index < -0.39 is 11.2 Å². The highest BCUT2D eigenvalue weighted by Crippen LogP contribution is 2.38. The number of imidazole rings is 1. The Balaban J connectivity index is 1.22. The molecule has 1 aromatic heterocycles. The van der Waals surface area contributed by atoms with Crippen molar-refractivity contribution < 1.29 is 18.8 Å². The van der Waals surface area contributed by atoms with Crippen molar-refractivity contribution in [3.63, 3.8) is 0 Å². The Morgan fingerprint density at radius 2 is 1.74 bits per heavy atom. The fourth-order valence-electron chi connectivity index (χ4n) is 6.03. The Bertz CT molecular complexity index is 1610. The van der Waals surface area contributed by atoms with Crippen LogP contribution < -0.4 is 10.1 Å². The zero-order chi connectivity index (χ0) is 33.0. The Kier molecular flexibility index (Phi) is 12.7. The summed E-state index contributed by atoms with van der Waals surface area (Å²) in [5.74, 6) is 1.54. The average Bonchev–Trinajstić information content (AvgIpc) is 3.76. The number of benzene rings is 3. The van der Waals surface area contributed by atoms with Gasteiger partial charge in [0.2, 0.25) is 5.91 Å². The molecule has 0 spiro atoms. The maximum Gasteiger partial charge on any atom is 0.248 e. The maximum absolute atomic E-state index is 13.1. The van der Waals surface area contributed by atoms with E-state index >= 15 is 0 Å². The zero-order valence-corrected chi connectivity index (χ0v) is 28.7. The largest absolute Gasteiger partial charge is 0.611 e. The van der Waals surface area contributed by atoms with Gasteiger partial charge in [-0.1, -0.05) is 50.5 Å². The number of ether oxygens (including phenoxy) is 2. The molecule has 0 radical (unpaired) electrons. The molecule has 248 valence electrons. The van der Waals surface area contributed by atoms with Crippen LogP contribution in [0.1, 0.15) is 80.8 Å². The Morgan fingerprint density at radius 1 is 1.00 bits per heavy atom. The van der Waals surface area contributed by atoms with E-state index in [1.807, 2.05) is 48.8 Å². The molecule has 0 saturated heterocycles. The molecule has 0 bridgehead atoms. The van der Waals surface area contributed by atoms with Crippen LogP contribution in [0.3, 0.4) is 0 Å². The molecule has 3 aromatic carbocycles. The third-order valence-electron chi connectivity index (χ3n) is 8.77. The third-order valence-corrected chi connectivity index (χ3v) is 10.1. The number of amides is 1. The summed E-state index contributed by atoms with van der Waals surface area (Å²) in [6.07, 6.45) is 12.4.